The molecule has 2 heteroatoms. The molecule has 1 radical (unpaired) electrons. The van der Waals surface area contributed by atoms with E-state index in [9.17, 15) is 0 Å². The predicted molar refractivity (Wildman–Crippen MR) is 62.9 cm³/mol. The predicted octanol–water partition coefficient (Wildman–Crippen LogP) is 1.89. The second-order valence-corrected chi connectivity index (χ2v) is 4.75. The van der Waals surface area contributed by atoms with Gasteiger partial charge in [0.2, 0.25) is 0 Å². The lowest BCUT2D eigenvalue weighted by atomic mass is 9.93. The van der Waals surface area contributed by atoms with Gasteiger partial charge in [0.15, 0.2) is 0 Å². The van der Waals surface area contributed by atoms with Gasteiger partial charge in [0.1, 0.15) is 0 Å². The second kappa shape index (κ2) is 4.33. The van der Waals surface area contributed by atoms with Crippen LogP contribution in [0, 0.1) is 0 Å². The summed E-state index contributed by atoms with van der Waals surface area (Å²) in [6.45, 7) is 6.46. The fourth-order valence-corrected chi connectivity index (χ4v) is 2.15. The number of nitrogens with zero attached hydrogens (tertiary/aromatic N) is 1. The highest BCUT2D eigenvalue weighted by molar-refractivity contribution is 5.22. The largest absolute Gasteiger partial charge is 0.304 e. The van der Waals surface area contributed by atoms with Crippen LogP contribution in [0.1, 0.15) is 25.8 Å². The average molecular weight is 203 g/mol. The van der Waals surface area contributed by atoms with Crippen molar-refractivity contribution in [3.05, 3.63) is 35.9 Å². The molecule has 1 aromatic carbocycles. The van der Waals surface area contributed by atoms with E-state index >= 15 is 0 Å². The summed E-state index contributed by atoms with van der Waals surface area (Å²) in [5.41, 5.74) is 1.39. The van der Waals surface area contributed by atoms with E-state index in [-0.39, 0.29) is 5.54 Å². The van der Waals surface area contributed by atoms with E-state index < -0.39 is 0 Å². The van der Waals surface area contributed by atoms with Crippen LogP contribution in [0.2, 0.25) is 0 Å². The highest BCUT2D eigenvalue weighted by atomic mass is 15.1. The van der Waals surface area contributed by atoms with Gasteiger partial charge >= 0.3 is 0 Å². The summed E-state index contributed by atoms with van der Waals surface area (Å²) >= 11 is 0. The summed E-state index contributed by atoms with van der Waals surface area (Å²) in [7, 11) is 0. The van der Waals surface area contributed by atoms with Crippen LogP contribution in [0.4, 0.5) is 0 Å². The summed E-state index contributed by atoms with van der Waals surface area (Å²) in [4.78, 5) is 0. The fraction of sp³-hybridized carbons (Fsp3) is 0.538. The molecule has 0 amide bonds. The molecule has 1 atom stereocenters. The number of nitrogens with one attached hydrogen (secondary N) is 1. The van der Waals surface area contributed by atoms with Crippen molar-refractivity contribution in [2.45, 2.75) is 31.8 Å². The first-order valence-electron chi connectivity index (χ1n) is 5.65. The Morgan fingerprint density at radius 2 is 2.00 bits per heavy atom. The molecule has 0 bridgehead atoms. The SMILES string of the molecule is CC(C)(NC1CC[N]C1)c1ccccc1. The summed E-state index contributed by atoms with van der Waals surface area (Å²) in [6.07, 6.45) is 1.18. The smallest absolute Gasteiger partial charge is 0.0380 e. The first-order valence-corrected chi connectivity index (χ1v) is 5.65. The van der Waals surface area contributed by atoms with Crippen LogP contribution < -0.4 is 10.6 Å². The van der Waals surface area contributed by atoms with Gasteiger partial charge in [-0.2, -0.15) is 0 Å². The molecule has 1 saturated heterocycles. The lowest BCUT2D eigenvalue weighted by Gasteiger charge is -2.30. The maximum absolute atomic E-state index is 4.38. The highest BCUT2D eigenvalue weighted by Gasteiger charge is 2.25. The summed E-state index contributed by atoms with van der Waals surface area (Å²) in [6, 6.07) is 11.2. The Labute approximate surface area is 92.1 Å². The topological polar surface area (TPSA) is 26.1 Å². The minimum absolute atomic E-state index is 0.0474. The van der Waals surface area contributed by atoms with Gasteiger partial charge in [-0.25, -0.2) is 5.32 Å². The van der Waals surface area contributed by atoms with Gasteiger partial charge in [-0.3, -0.25) is 0 Å². The van der Waals surface area contributed by atoms with Crippen LogP contribution in [0.15, 0.2) is 30.3 Å². The first-order chi connectivity index (χ1) is 7.18. The van der Waals surface area contributed by atoms with Gasteiger partial charge in [-0.15, -0.1) is 0 Å². The quantitative estimate of drug-likeness (QED) is 0.797. The van der Waals surface area contributed by atoms with Crippen molar-refractivity contribution in [1.82, 2.24) is 10.6 Å². The molecule has 0 aromatic heterocycles. The molecule has 1 fully saturated rings. The second-order valence-electron chi connectivity index (χ2n) is 4.75. The number of benzene rings is 1. The van der Waals surface area contributed by atoms with Crippen LogP contribution >= 0.6 is 0 Å². The molecule has 1 unspecified atom stereocenters. The first kappa shape index (κ1) is 10.7. The normalized spacial score (nSPS) is 21.9. The van der Waals surface area contributed by atoms with E-state index in [1.165, 1.54) is 12.0 Å². The maximum Gasteiger partial charge on any atom is 0.0380 e. The van der Waals surface area contributed by atoms with Crippen molar-refractivity contribution in [3.63, 3.8) is 0 Å². The standard InChI is InChI=1S/C13H19N2/c1-13(2,11-6-4-3-5-7-11)15-12-8-9-14-10-12/h3-7,12,15H,8-10H2,1-2H3. The summed E-state index contributed by atoms with van der Waals surface area (Å²) in [5, 5.41) is 8.06. The molecule has 1 aliphatic rings. The lowest BCUT2D eigenvalue weighted by Crippen LogP contribution is -2.44. The number of hydrogen-bond acceptors (Lipinski definition) is 1. The van der Waals surface area contributed by atoms with E-state index in [1.54, 1.807) is 0 Å². The monoisotopic (exact) mass is 203 g/mol. The third kappa shape index (κ3) is 2.58. The molecule has 2 rings (SSSR count). The van der Waals surface area contributed by atoms with Crippen LogP contribution in [0.5, 0.6) is 0 Å². The summed E-state index contributed by atoms with van der Waals surface area (Å²) < 4.78 is 0. The molecule has 81 valence electrons. The van der Waals surface area contributed by atoms with Crippen molar-refractivity contribution in [3.8, 4) is 0 Å². The Morgan fingerprint density at radius 3 is 2.60 bits per heavy atom. The maximum atomic E-state index is 4.38. The highest BCUT2D eigenvalue weighted by Crippen LogP contribution is 2.21. The van der Waals surface area contributed by atoms with Gasteiger partial charge in [-0.1, -0.05) is 30.3 Å². The van der Waals surface area contributed by atoms with E-state index in [0.29, 0.717) is 6.04 Å². The lowest BCUT2D eigenvalue weighted by molar-refractivity contribution is 0.351. The Kier molecular flexibility index (Phi) is 3.08. The zero-order valence-electron chi connectivity index (χ0n) is 9.53. The number of hydrogen-bond donors (Lipinski definition) is 1. The molecule has 2 nitrogen and oxygen atoms in total. The molecule has 0 saturated carbocycles. The van der Waals surface area contributed by atoms with Gasteiger partial charge < -0.3 is 5.32 Å². The van der Waals surface area contributed by atoms with Gasteiger partial charge in [0.05, 0.1) is 0 Å². The van der Waals surface area contributed by atoms with Gasteiger partial charge in [-0.05, 0) is 25.8 Å². The van der Waals surface area contributed by atoms with Gasteiger partial charge in [0, 0.05) is 24.7 Å². The molecular weight excluding hydrogens is 184 g/mol. The third-order valence-corrected chi connectivity index (χ3v) is 3.05. The third-order valence-electron chi connectivity index (χ3n) is 3.05. The van der Waals surface area contributed by atoms with Crippen molar-refractivity contribution in [2.75, 3.05) is 13.1 Å². The molecular formula is C13H19N2. The molecule has 1 aliphatic heterocycles. The molecule has 15 heavy (non-hydrogen) atoms. The molecule has 1 heterocycles. The van der Waals surface area contributed by atoms with Crippen LogP contribution in [0.3, 0.4) is 0 Å². The number of rotatable bonds is 3. The van der Waals surface area contributed by atoms with Crippen molar-refractivity contribution >= 4 is 0 Å². The zero-order chi connectivity index (χ0) is 10.7. The molecule has 0 aliphatic carbocycles. The van der Waals surface area contributed by atoms with Crippen molar-refractivity contribution in [1.29, 1.82) is 0 Å². The zero-order valence-corrected chi connectivity index (χ0v) is 9.53. The van der Waals surface area contributed by atoms with Crippen molar-refractivity contribution in [2.24, 2.45) is 0 Å². The average Bonchev–Trinajstić information content (AvgIpc) is 2.71. The molecule has 0 spiro atoms. The van der Waals surface area contributed by atoms with Crippen LogP contribution in [-0.4, -0.2) is 19.1 Å². The van der Waals surface area contributed by atoms with Gasteiger partial charge in [0.25, 0.3) is 0 Å². The minimum Gasteiger partial charge on any atom is -0.304 e. The molecule has 1 aromatic rings. The van der Waals surface area contributed by atoms with Crippen molar-refractivity contribution < 1.29 is 0 Å². The Morgan fingerprint density at radius 1 is 1.27 bits per heavy atom. The Bertz CT molecular complexity index is 300. The Balaban J connectivity index is 2.05. The van der Waals surface area contributed by atoms with E-state index in [4.69, 9.17) is 0 Å². The minimum atomic E-state index is 0.0474. The van der Waals surface area contributed by atoms with E-state index in [0.717, 1.165) is 13.1 Å². The molecule has 1 N–H and O–H groups in total. The van der Waals surface area contributed by atoms with Crippen LogP contribution in [0.25, 0.3) is 0 Å². The Hall–Kier alpha value is -0.860. The summed E-state index contributed by atoms with van der Waals surface area (Å²) in [5.74, 6) is 0. The fourth-order valence-electron chi connectivity index (χ4n) is 2.15. The van der Waals surface area contributed by atoms with E-state index in [2.05, 4.69) is 54.8 Å². The van der Waals surface area contributed by atoms with Crippen LogP contribution in [-0.2, 0) is 5.54 Å². The van der Waals surface area contributed by atoms with E-state index in [1.807, 2.05) is 0 Å².